The van der Waals surface area contributed by atoms with Crippen LogP contribution in [0.25, 0.3) is 0 Å². The summed E-state index contributed by atoms with van der Waals surface area (Å²) >= 11 is 0. The van der Waals surface area contributed by atoms with Gasteiger partial charge in [0.25, 0.3) is 0 Å². The Kier molecular flexibility index (Phi) is 6.88. The Morgan fingerprint density at radius 1 is 1.19 bits per heavy atom. The molecule has 0 radical (unpaired) electrons. The van der Waals surface area contributed by atoms with Crippen LogP contribution in [0.1, 0.15) is 30.9 Å². The molecule has 1 rings (SSSR count). The molecular formula is C16H23NO4. The zero-order chi connectivity index (χ0) is 15.8. The molecule has 5 nitrogen and oxygen atoms in total. The Bertz CT molecular complexity index is 470. The van der Waals surface area contributed by atoms with Gasteiger partial charge in [-0.1, -0.05) is 36.8 Å². The van der Waals surface area contributed by atoms with Crippen molar-refractivity contribution in [1.82, 2.24) is 4.90 Å². The fourth-order valence-corrected chi connectivity index (χ4v) is 2.11. The van der Waals surface area contributed by atoms with Gasteiger partial charge in [-0.2, -0.15) is 0 Å². The van der Waals surface area contributed by atoms with Gasteiger partial charge in [-0.25, -0.2) is 0 Å². The van der Waals surface area contributed by atoms with E-state index >= 15 is 0 Å². The van der Waals surface area contributed by atoms with Gasteiger partial charge in [0.1, 0.15) is 0 Å². The second-order valence-corrected chi connectivity index (χ2v) is 5.46. The van der Waals surface area contributed by atoms with Gasteiger partial charge in [0.15, 0.2) is 0 Å². The number of aliphatic carboxylic acids is 2. The van der Waals surface area contributed by atoms with Crippen molar-refractivity contribution in [3.63, 3.8) is 0 Å². The van der Waals surface area contributed by atoms with Crippen molar-refractivity contribution in [2.45, 2.75) is 33.2 Å². The summed E-state index contributed by atoms with van der Waals surface area (Å²) in [5, 5.41) is 17.7. The highest BCUT2D eigenvalue weighted by Crippen LogP contribution is 2.10. The van der Waals surface area contributed by atoms with Crippen LogP contribution in [0, 0.1) is 12.8 Å². The van der Waals surface area contributed by atoms with Crippen molar-refractivity contribution in [1.29, 1.82) is 0 Å². The molecule has 0 amide bonds. The molecule has 0 heterocycles. The summed E-state index contributed by atoms with van der Waals surface area (Å²) < 4.78 is 0. The van der Waals surface area contributed by atoms with E-state index in [0.29, 0.717) is 26.1 Å². The Balaban J connectivity index is 2.63. The third kappa shape index (κ3) is 6.90. The van der Waals surface area contributed by atoms with Crippen LogP contribution in [0.15, 0.2) is 24.3 Å². The first-order valence-corrected chi connectivity index (χ1v) is 7.11. The molecule has 0 saturated carbocycles. The summed E-state index contributed by atoms with van der Waals surface area (Å²) in [7, 11) is 0. The minimum absolute atomic E-state index is 0.103. The number of hydrogen-bond donors (Lipinski definition) is 2. The maximum atomic E-state index is 11.0. The fourth-order valence-electron chi connectivity index (χ4n) is 2.11. The molecule has 0 aliphatic rings. The molecule has 0 fully saturated rings. The second kappa shape index (κ2) is 8.42. The molecule has 1 aromatic rings. The quantitative estimate of drug-likeness (QED) is 0.731. The number of nitrogens with zero attached hydrogens (tertiary/aromatic N) is 1. The zero-order valence-electron chi connectivity index (χ0n) is 12.6. The lowest BCUT2D eigenvalue weighted by Crippen LogP contribution is -2.32. The van der Waals surface area contributed by atoms with Crippen LogP contribution in [0.5, 0.6) is 0 Å². The standard InChI is InChI=1S/C16H23NO4/c1-12-5-7-14(8-6-12)11-17(9-3-4-15(18)19)10-13(2)16(20)21/h5-8,13H,3-4,9-11H2,1-2H3,(H,18,19)(H,20,21). The van der Waals surface area contributed by atoms with E-state index in [4.69, 9.17) is 10.2 Å². The lowest BCUT2D eigenvalue weighted by molar-refractivity contribution is -0.142. The number of carbonyl (C=O) groups is 2. The molecule has 0 saturated heterocycles. The summed E-state index contributed by atoms with van der Waals surface area (Å²) in [5.74, 6) is -2.13. The SMILES string of the molecule is Cc1ccc(CN(CCCC(=O)O)CC(C)C(=O)O)cc1. The molecule has 116 valence electrons. The first-order chi connectivity index (χ1) is 9.88. The molecule has 1 aromatic carbocycles. The predicted octanol–water partition coefficient (Wildman–Crippen LogP) is 2.38. The van der Waals surface area contributed by atoms with Crippen LogP contribution in [0.3, 0.4) is 0 Å². The first-order valence-electron chi connectivity index (χ1n) is 7.11. The number of benzene rings is 1. The molecule has 0 aliphatic carbocycles. The van der Waals surface area contributed by atoms with Gasteiger partial charge < -0.3 is 10.2 Å². The van der Waals surface area contributed by atoms with Crippen LogP contribution < -0.4 is 0 Å². The normalized spacial score (nSPS) is 12.3. The largest absolute Gasteiger partial charge is 0.481 e. The van der Waals surface area contributed by atoms with E-state index in [-0.39, 0.29) is 6.42 Å². The third-order valence-electron chi connectivity index (χ3n) is 3.35. The lowest BCUT2D eigenvalue weighted by atomic mass is 10.1. The number of carboxylic acid groups (broad SMARTS) is 2. The van der Waals surface area contributed by atoms with Gasteiger partial charge in [-0.15, -0.1) is 0 Å². The smallest absolute Gasteiger partial charge is 0.307 e. The van der Waals surface area contributed by atoms with Gasteiger partial charge in [0, 0.05) is 19.5 Å². The monoisotopic (exact) mass is 293 g/mol. The van der Waals surface area contributed by atoms with Gasteiger partial charge in [0.05, 0.1) is 5.92 Å². The van der Waals surface area contributed by atoms with E-state index < -0.39 is 17.9 Å². The highest BCUT2D eigenvalue weighted by molar-refractivity contribution is 5.69. The molecule has 0 aromatic heterocycles. The molecule has 1 atom stereocenters. The average Bonchev–Trinajstić information content (AvgIpc) is 2.40. The maximum absolute atomic E-state index is 11.0. The van der Waals surface area contributed by atoms with Gasteiger partial charge >= 0.3 is 11.9 Å². The summed E-state index contributed by atoms with van der Waals surface area (Å²) in [6.07, 6.45) is 0.624. The number of carboxylic acids is 2. The van der Waals surface area contributed by atoms with Crippen molar-refractivity contribution in [3.05, 3.63) is 35.4 Å². The van der Waals surface area contributed by atoms with Gasteiger partial charge in [-0.05, 0) is 25.5 Å². The second-order valence-electron chi connectivity index (χ2n) is 5.46. The summed E-state index contributed by atoms with van der Waals surface area (Å²) in [5.41, 5.74) is 2.28. The maximum Gasteiger partial charge on any atom is 0.307 e. The Labute approximate surface area is 125 Å². The van der Waals surface area contributed by atoms with E-state index in [1.165, 1.54) is 5.56 Å². The van der Waals surface area contributed by atoms with Crippen molar-refractivity contribution in [2.24, 2.45) is 5.92 Å². The van der Waals surface area contributed by atoms with E-state index in [1.807, 2.05) is 36.1 Å². The van der Waals surface area contributed by atoms with Crippen LogP contribution in [-0.2, 0) is 16.1 Å². The van der Waals surface area contributed by atoms with E-state index in [0.717, 1.165) is 5.56 Å². The molecule has 0 bridgehead atoms. The van der Waals surface area contributed by atoms with E-state index in [1.54, 1.807) is 6.92 Å². The lowest BCUT2D eigenvalue weighted by Gasteiger charge is -2.24. The fraction of sp³-hybridized carbons (Fsp3) is 0.500. The summed E-state index contributed by atoms with van der Waals surface area (Å²) in [4.78, 5) is 23.6. The van der Waals surface area contributed by atoms with Crippen LogP contribution in [0.2, 0.25) is 0 Å². The molecule has 0 spiro atoms. The highest BCUT2D eigenvalue weighted by atomic mass is 16.4. The summed E-state index contributed by atoms with van der Waals surface area (Å²) in [6, 6.07) is 8.08. The minimum atomic E-state index is -0.831. The molecule has 1 unspecified atom stereocenters. The van der Waals surface area contributed by atoms with E-state index in [2.05, 4.69) is 0 Å². The van der Waals surface area contributed by atoms with Gasteiger partial charge in [-0.3, -0.25) is 14.5 Å². The average molecular weight is 293 g/mol. The van der Waals surface area contributed by atoms with Crippen LogP contribution in [-0.4, -0.2) is 40.1 Å². The molecule has 5 heteroatoms. The molecule has 2 N–H and O–H groups in total. The molecule has 21 heavy (non-hydrogen) atoms. The zero-order valence-corrected chi connectivity index (χ0v) is 12.6. The van der Waals surface area contributed by atoms with Crippen LogP contribution in [0.4, 0.5) is 0 Å². The Morgan fingerprint density at radius 3 is 2.33 bits per heavy atom. The highest BCUT2D eigenvalue weighted by Gasteiger charge is 2.16. The van der Waals surface area contributed by atoms with E-state index in [9.17, 15) is 9.59 Å². The molecule has 0 aliphatic heterocycles. The Morgan fingerprint density at radius 2 is 1.81 bits per heavy atom. The van der Waals surface area contributed by atoms with Crippen LogP contribution >= 0.6 is 0 Å². The van der Waals surface area contributed by atoms with Crippen molar-refractivity contribution >= 4 is 11.9 Å². The number of hydrogen-bond acceptors (Lipinski definition) is 3. The topological polar surface area (TPSA) is 77.8 Å². The van der Waals surface area contributed by atoms with Crippen molar-refractivity contribution in [3.8, 4) is 0 Å². The first kappa shape index (κ1) is 17.2. The molecular weight excluding hydrogens is 270 g/mol. The third-order valence-corrected chi connectivity index (χ3v) is 3.35. The predicted molar refractivity (Wildman–Crippen MR) is 80.1 cm³/mol. The van der Waals surface area contributed by atoms with Gasteiger partial charge in [0.2, 0.25) is 0 Å². The number of rotatable bonds is 9. The minimum Gasteiger partial charge on any atom is -0.481 e. The Hall–Kier alpha value is -1.88. The van der Waals surface area contributed by atoms with Crippen molar-refractivity contribution < 1.29 is 19.8 Å². The number of aryl methyl sites for hydroxylation is 1. The van der Waals surface area contributed by atoms with Crippen molar-refractivity contribution in [2.75, 3.05) is 13.1 Å². The summed E-state index contributed by atoms with van der Waals surface area (Å²) in [6.45, 7) is 5.32.